The van der Waals surface area contributed by atoms with Crippen LogP contribution in [0.4, 0.5) is 0 Å². The van der Waals surface area contributed by atoms with E-state index >= 15 is 0 Å². The van der Waals surface area contributed by atoms with Crippen LogP contribution >= 0.6 is 0 Å². The van der Waals surface area contributed by atoms with Crippen molar-refractivity contribution in [1.82, 2.24) is 5.32 Å². The molecule has 0 rings (SSSR count). The van der Waals surface area contributed by atoms with Crippen molar-refractivity contribution in [2.75, 3.05) is 19.7 Å². The highest BCUT2D eigenvalue weighted by atomic mass is 16.5. The second kappa shape index (κ2) is 7.28. The zero-order chi connectivity index (χ0) is 8.53. The fourth-order valence-electron chi connectivity index (χ4n) is 0.587. The summed E-state index contributed by atoms with van der Waals surface area (Å²) in [6.07, 6.45) is 3.87. The molecule has 3 heteroatoms. The van der Waals surface area contributed by atoms with Crippen molar-refractivity contribution in [3.05, 3.63) is 12.2 Å². The van der Waals surface area contributed by atoms with Crippen LogP contribution in [0.1, 0.15) is 13.8 Å². The number of hydrogen-bond acceptors (Lipinski definition) is 3. The van der Waals surface area contributed by atoms with Gasteiger partial charge in [0.1, 0.15) is 0 Å². The van der Waals surface area contributed by atoms with Crippen LogP contribution < -0.4 is 5.32 Å². The highest BCUT2D eigenvalue weighted by molar-refractivity contribution is 5.71. The molecule has 1 N–H and O–H groups in total. The third-order valence-electron chi connectivity index (χ3n) is 1.07. The Morgan fingerprint density at radius 3 is 2.91 bits per heavy atom. The van der Waals surface area contributed by atoms with Gasteiger partial charge in [0.2, 0.25) is 0 Å². The molecule has 0 aromatic carbocycles. The molecule has 64 valence electrons. The molecule has 0 radical (unpaired) electrons. The van der Waals surface area contributed by atoms with E-state index in [0.29, 0.717) is 6.61 Å². The van der Waals surface area contributed by atoms with Crippen molar-refractivity contribution >= 4 is 5.97 Å². The average molecular weight is 157 g/mol. The van der Waals surface area contributed by atoms with E-state index in [9.17, 15) is 4.79 Å². The molecule has 0 aromatic heterocycles. The third-order valence-corrected chi connectivity index (χ3v) is 1.07. The van der Waals surface area contributed by atoms with E-state index in [1.807, 2.05) is 19.1 Å². The Balaban J connectivity index is 3.17. The second-order valence-electron chi connectivity index (χ2n) is 2.00. The van der Waals surface area contributed by atoms with Gasteiger partial charge in [-0.3, -0.25) is 4.79 Å². The van der Waals surface area contributed by atoms with E-state index in [1.54, 1.807) is 6.92 Å². The first kappa shape index (κ1) is 10.2. The minimum Gasteiger partial charge on any atom is -0.465 e. The molecule has 0 bridgehead atoms. The Morgan fingerprint density at radius 2 is 2.36 bits per heavy atom. The van der Waals surface area contributed by atoms with Crippen LogP contribution in [0.25, 0.3) is 0 Å². The highest BCUT2D eigenvalue weighted by Gasteiger charge is 1.97. The van der Waals surface area contributed by atoms with Crippen LogP contribution in [0.5, 0.6) is 0 Å². The van der Waals surface area contributed by atoms with Crippen LogP contribution in [0.15, 0.2) is 12.2 Å². The number of hydrogen-bond donors (Lipinski definition) is 1. The monoisotopic (exact) mass is 157 g/mol. The van der Waals surface area contributed by atoms with Crippen LogP contribution in [0, 0.1) is 0 Å². The van der Waals surface area contributed by atoms with Crippen molar-refractivity contribution in [3.8, 4) is 0 Å². The number of allylic oxidation sites excluding steroid dienone is 1. The summed E-state index contributed by atoms with van der Waals surface area (Å²) in [5.41, 5.74) is 0. The molecule has 0 fully saturated rings. The molecule has 0 amide bonds. The van der Waals surface area contributed by atoms with Gasteiger partial charge in [0.05, 0.1) is 13.2 Å². The van der Waals surface area contributed by atoms with Crippen molar-refractivity contribution in [3.63, 3.8) is 0 Å². The van der Waals surface area contributed by atoms with Gasteiger partial charge in [-0.2, -0.15) is 0 Å². The third kappa shape index (κ3) is 7.06. The van der Waals surface area contributed by atoms with Gasteiger partial charge in [0, 0.05) is 6.54 Å². The average Bonchev–Trinajstić information content (AvgIpc) is 1.99. The van der Waals surface area contributed by atoms with Crippen LogP contribution in [0.3, 0.4) is 0 Å². The van der Waals surface area contributed by atoms with Gasteiger partial charge in [-0.15, -0.1) is 0 Å². The maximum absolute atomic E-state index is 10.7. The summed E-state index contributed by atoms with van der Waals surface area (Å²) in [7, 11) is 0. The van der Waals surface area contributed by atoms with Gasteiger partial charge in [-0.05, 0) is 13.8 Å². The summed E-state index contributed by atoms with van der Waals surface area (Å²) >= 11 is 0. The second-order valence-corrected chi connectivity index (χ2v) is 2.00. The lowest BCUT2D eigenvalue weighted by molar-refractivity contribution is -0.141. The molecule has 0 unspecified atom stereocenters. The van der Waals surface area contributed by atoms with Gasteiger partial charge in [-0.1, -0.05) is 12.2 Å². The fraction of sp³-hybridized carbons (Fsp3) is 0.625. The lowest BCUT2D eigenvalue weighted by atomic mass is 10.5. The molecule has 0 heterocycles. The quantitative estimate of drug-likeness (QED) is 0.363. The molecule has 3 nitrogen and oxygen atoms in total. The highest BCUT2D eigenvalue weighted by Crippen LogP contribution is 1.75. The van der Waals surface area contributed by atoms with Gasteiger partial charge >= 0.3 is 5.97 Å². The molecular weight excluding hydrogens is 142 g/mol. The van der Waals surface area contributed by atoms with E-state index in [1.165, 1.54) is 0 Å². The van der Waals surface area contributed by atoms with Crippen molar-refractivity contribution < 1.29 is 9.53 Å². The zero-order valence-electron chi connectivity index (χ0n) is 7.09. The molecule has 0 saturated carbocycles. The summed E-state index contributed by atoms with van der Waals surface area (Å²) < 4.78 is 4.70. The normalized spacial score (nSPS) is 10.4. The molecule has 0 aliphatic carbocycles. The summed E-state index contributed by atoms with van der Waals surface area (Å²) in [6.45, 7) is 5.19. The molecule has 0 aliphatic rings. The van der Waals surface area contributed by atoms with E-state index in [4.69, 9.17) is 4.74 Å². The van der Waals surface area contributed by atoms with Crippen LogP contribution in [0.2, 0.25) is 0 Å². The van der Waals surface area contributed by atoms with E-state index in [0.717, 1.165) is 6.54 Å². The fourth-order valence-corrected chi connectivity index (χ4v) is 0.587. The zero-order valence-corrected chi connectivity index (χ0v) is 7.09. The predicted molar refractivity (Wildman–Crippen MR) is 44.3 cm³/mol. The number of carbonyl (C=O) groups is 1. The Morgan fingerprint density at radius 1 is 1.64 bits per heavy atom. The van der Waals surface area contributed by atoms with Crippen molar-refractivity contribution in [2.24, 2.45) is 0 Å². The maximum atomic E-state index is 10.7. The predicted octanol–water partition coefficient (Wildman–Crippen LogP) is 0.715. The van der Waals surface area contributed by atoms with Gasteiger partial charge < -0.3 is 10.1 Å². The first-order valence-corrected chi connectivity index (χ1v) is 3.78. The van der Waals surface area contributed by atoms with Crippen LogP contribution in [-0.2, 0) is 9.53 Å². The number of nitrogens with one attached hydrogen (secondary N) is 1. The Bertz CT molecular complexity index is 132. The summed E-state index contributed by atoms with van der Waals surface area (Å²) in [5, 5.41) is 2.91. The lowest BCUT2D eigenvalue weighted by Gasteiger charge is -2.00. The molecule has 0 aromatic rings. The summed E-state index contributed by atoms with van der Waals surface area (Å²) in [4.78, 5) is 10.7. The van der Waals surface area contributed by atoms with Crippen molar-refractivity contribution in [1.29, 1.82) is 0 Å². The number of ether oxygens (including phenoxy) is 1. The minimum absolute atomic E-state index is 0.197. The number of carbonyl (C=O) groups excluding carboxylic acids is 1. The summed E-state index contributed by atoms with van der Waals surface area (Å²) in [5.74, 6) is -0.197. The molecule has 0 spiro atoms. The lowest BCUT2D eigenvalue weighted by Crippen LogP contribution is -2.24. The molecule has 0 atom stereocenters. The molecule has 0 aliphatic heterocycles. The standard InChI is InChI=1S/C8H15NO2/c1-3-5-6-9-7-8(10)11-4-2/h3,5,9H,4,6-7H2,1-2H3/b5-3-. The number of rotatable bonds is 5. The molecular formula is C8H15NO2. The first-order valence-electron chi connectivity index (χ1n) is 3.78. The Kier molecular flexibility index (Phi) is 6.73. The summed E-state index contributed by atoms with van der Waals surface area (Å²) in [6, 6.07) is 0. The minimum atomic E-state index is -0.197. The number of esters is 1. The first-order chi connectivity index (χ1) is 5.31. The van der Waals surface area contributed by atoms with Crippen LogP contribution in [-0.4, -0.2) is 25.7 Å². The van der Waals surface area contributed by atoms with Gasteiger partial charge in [0.25, 0.3) is 0 Å². The van der Waals surface area contributed by atoms with E-state index in [2.05, 4.69) is 5.32 Å². The Labute approximate surface area is 67.4 Å². The molecule has 0 saturated heterocycles. The van der Waals surface area contributed by atoms with Crippen molar-refractivity contribution in [2.45, 2.75) is 13.8 Å². The molecule has 11 heavy (non-hydrogen) atoms. The van der Waals surface area contributed by atoms with Gasteiger partial charge in [0.15, 0.2) is 0 Å². The Hall–Kier alpha value is -0.830. The topological polar surface area (TPSA) is 38.3 Å². The van der Waals surface area contributed by atoms with Gasteiger partial charge in [-0.25, -0.2) is 0 Å². The van der Waals surface area contributed by atoms with E-state index in [-0.39, 0.29) is 12.5 Å². The van der Waals surface area contributed by atoms with E-state index < -0.39 is 0 Å². The smallest absolute Gasteiger partial charge is 0.319 e. The maximum Gasteiger partial charge on any atom is 0.319 e. The largest absolute Gasteiger partial charge is 0.465 e. The SMILES string of the molecule is C/C=C\CNCC(=O)OCC.